The van der Waals surface area contributed by atoms with Gasteiger partial charge >= 0.3 is 0 Å². The van der Waals surface area contributed by atoms with Gasteiger partial charge in [0.15, 0.2) is 0 Å². The summed E-state index contributed by atoms with van der Waals surface area (Å²) in [7, 11) is 1.67. The molecular weight excluding hydrogens is 286 g/mol. The molecule has 0 unspecified atom stereocenters. The summed E-state index contributed by atoms with van der Waals surface area (Å²) in [5, 5.41) is 0. The SMILES string of the molecule is COc1ccc(N)c(SCCSc2ccc(C)cc2)c1. The zero-order valence-corrected chi connectivity index (χ0v) is 13.4. The van der Waals surface area contributed by atoms with E-state index in [2.05, 4.69) is 31.2 Å². The molecular formula is C16H19NOS2. The van der Waals surface area contributed by atoms with Crippen LogP contribution in [0.25, 0.3) is 0 Å². The fourth-order valence-corrected chi connectivity index (χ4v) is 3.60. The third-order valence-corrected chi connectivity index (χ3v) is 5.20. The van der Waals surface area contributed by atoms with E-state index >= 15 is 0 Å². The number of ether oxygens (including phenoxy) is 1. The molecule has 0 spiro atoms. The molecule has 0 heterocycles. The van der Waals surface area contributed by atoms with Crippen molar-refractivity contribution in [2.75, 3.05) is 24.3 Å². The minimum atomic E-state index is 0.816. The molecule has 2 aromatic rings. The zero-order chi connectivity index (χ0) is 14.4. The van der Waals surface area contributed by atoms with E-state index in [9.17, 15) is 0 Å². The van der Waals surface area contributed by atoms with Gasteiger partial charge in [-0.2, -0.15) is 0 Å². The van der Waals surface area contributed by atoms with Gasteiger partial charge in [-0.1, -0.05) is 17.7 Å². The Morgan fingerprint density at radius 2 is 1.70 bits per heavy atom. The van der Waals surface area contributed by atoms with Crippen LogP contribution in [0.3, 0.4) is 0 Å². The second-order valence-corrected chi connectivity index (χ2v) is 6.72. The van der Waals surface area contributed by atoms with Crippen LogP contribution in [0.2, 0.25) is 0 Å². The van der Waals surface area contributed by atoms with E-state index in [4.69, 9.17) is 10.5 Å². The number of nitrogen functional groups attached to an aromatic ring is 1. The van der Waals surface area contributed by atoms with E-state index in [-0.39, 0.29) is 0 Å². The van der Waals surface area contributed by atoms with Gasteiger partial charge in [-0.3, -0.25) is 0 Å². The van der Waals surface area contributed by atoms with E-state index in [0.29, 0.717) is 0 Å². The highest BCUT2D eigenvalue weighted by molar-refractivity contribution is 8.03. The number of aryl methyl sites for hydroxylation is 1. The molecule has 0 fully saturated rings. The minimum absolute atomic E-state index is 0.816. The first-order valence-electron chi connectivity index (χ1n) is 6.45. The number of rotatable bonds is 6. The van der Waals surface area contributed by atoms with Crippen LogP contribution in [-0.4, -0.2) is 18.6 Å². The van der Waals surface area contributed by atoms with E-state index < -0.39 is 0 Å². The Bertz CT molecular complexity index is 555. The maximum Gasteiger partial charge on any atom is 0.120 e. The summed E-state index contributed by atoms with van der Waals surface area (Å²) in [4.78, 5) is 2.41. The van der Waals surface area contributed by atoms with Crippen molar-refractivity contribution in [2.45, 2.75) is 16.7 Å². The number of methoxy groups -OCH3 is 1. The van der Waals surface area contributed by atoms with Crippen LogP contribution >= 0.6 is 23.5 Å². The van der Waals surface area contributed by atoms with Crippen LogP contribution in [0.5, 0.6) is 5.75 Å². The Kier molecular flexibility index (Phi) is 5.68. The van der Waals surface area contributed by atoms with Gasteiger partial charge in [-0.15, -0.1) is 23.5 Å². The summed E-state index contributed by atoms with van der Waals surface area (Å²) in [6.45, 7) is 2.11. The van der Waals surface area contributed by atoms with E-state index in [0.717, 1.165) is 27.8 Å². The number of anilines is 1. The van der Waals surface area contributed by atoms with E-state index in [1.165, 1.54) is 10.5 Å². The summed E-state index contributed by atoms with van der Waals surface area (Å²) in [5.41, 5.74) is 8.09. The molecule has 0 saturated heterocycles. The van der Waals surface area contributed by atoms with Crippen molar-refractivity contribution < 1.29 is 4.74 Å². The predicted molar refractivity (Wildman–Crippen MR) is 90.0 cm³/mol. The average molecular weight is 305 g/mol. The summed E-state index contributed by atoms with van der Waals surface area (Å²) in [6, 6.07) is 14.4. The van der Waals surface area contributed by atoms with Crippen LogP contribution in [0.1, 0.15) is 5.56 Å². The molecule has 4 heteroatoms. The fourth-order valence-electron chi connectivity index (χ4n) is 1.71. The van der Waals surface area contributed by atoms with E-state index in [1.807, 2.05) is 30.0 Å². The van der Waals surface area contributed by atoms with Crippen LogP contribution in [0, 0.1) is 6.92 Å². The second kappa shape index (κ2) is 7.50. The molecule has 2 aromatic carbocycles. The lowest BCUT2D eigenvalue weighted by atomic mass is 10.2. The molecule has 0 aliphatic rings. The molecule has 106 valence electrons. The molecule has 2 N–H and O–H groups in total. The van der Waals surface area contributed by atoms with Gasteiger partial charge in [-0.25, -0.2) is 0 Å². The molecule has 0 amide bonds. The molecule has 2 rings (SSSR count). The number of benzene rings is 2. The number of nitrogens with two attached hydrogens (primary N) is 1. The molecule has 0 radical (unpaired) electrons. The normalized spacial score (nSPS) is 10.5. The van der Waals surface area contributed by atoms with Gasteiger partial charge in [0, 0.05) is 27.0 Å². The fraction of sp³-hybridized carbons (Fsp3) is 0.250. The topological polar surface area (TPSA) is 35.2 Å². The van der Waals surface area contributed by atoms with Crippen molar-refractivity contribution >= 4 is 29.2 Å². The first-order valence-corrected chi connectivity index (χ1v) is 8.42. The molecule has 0 saturated carbocycles. The lowest BCUT2D eigenvalue weighted by Crippen LogP contribution is -1.92. The van der Waals surface area contributed by atoms with Crippen molar-refractivity contribution in [3.05, 3.63) is 48.0 Å². The first-order chi connectivity index (χ1) is 9.69. The average Bonchev–Trinajstić information content (AvgIpc) is 2.47. The Hall–Kier alpha value is -1.26. The van der Waals surface area contributed by atoms with Gasteiger partial charge < -0.3 is 10.5 Å². The molecule has 0 aliphatic carbocycles. The lowest BCUT2D eigenvalue weighted by Gasteiger charge is -2.08. The number of hydrogen-bond donors (Lipinski definition) is 1. The molecule has 0 aliphatic heterocycles. The molecule has 2 nitrogen and oxygen atoms in total. The van der Waals surface area contributed by atoms with Crippen molar-refractivity contribution in [1.82, 2.24) is 0 Å². The van der Waals surface area contributed by atoms with Crippen LogP contribution in [-0.2, 0) is 0 Å². The number of thioether (sulfide) groups is 2. The largest absolute Gasteiger partial charge is 0.497 e. The highest BCUT2D eigenvalue weighted by Crippen LogP contribution is 2.30. The first kappa shape index (κ1) is 15.1. The molecule has 0 atom stereocenters. The third kappa shape index (κ3) is 4.39. The zero-order valence-electron chi connectivity index (χ0n) is 11.8. The minimum Gasteiger partial charge on any atom is -0.497 e. The Balaban J connectivity index is 1.82. The Labute approximate surface area is 129 Å². The van der Waals surface area contributed by atoms with Gasteiger partial charge in [0.1, 0.15) is 5.75 Å². The Morgan fingerprint density at radius 3 is 2.40 bits per heavy atom. The number of hydrogen-bond acceptors (Lipinski definition) is 4. The van der Waals surface area contributed by atoms with Gasteiger partial charge in [0.2, 0.25) is 0 Å². The second-order valence-electron chi connectivity index (χ2n) is 4.41. The quantitative estimate of drug-likeness (QED) is 0.485. The monoisotopic (exact) mass is 305 g/mol. The highest BCUT2D eigenvalue weighted by Gasteiger charge is 2.02. The van der Waals surface area contributed by atoms with Gasteiger partial charge in [-0.05, 0) is 37.3 Å². The molecule has 0 aromatic heterocycles. The van der Waals surface area contributed by atoms with Crippen molar-refractivity contribution in [2.24, 2.45) is 0 Å². The summed E-state index contributed by atoms with van der Waals surface area (Å²) in [5.74, 6) is 2.94. The summed E-state index contributed by atoms with van der Waals surface area (Å²) >= 11 is 3.64. The van der Waals surface area contributed by atoms with Gasteiger partial charge in [0.25, 0.3) is 0 Å². The van der Waals surface area contributed by atoms with E-state index in [1.54, 1.807) is 18.9 Å². The standard InChI is InChI=1S/C16H19NOS2/c1-12-3-6-14(7-4-12)19-9-10-20-16-11-13(18-2)5-8-15(16)17/h3-8,11H,9-10,17H2,1-2H3. The Morgan fingerprint density at radius 1 is 1.00 bits per heavy atom. The lowest BCUT2D eigenvalue weighted by molar-refractivity contribution is 0.414. The summed E-state index contributed by atoms with van der Waals surface area (Å²) in [6.07, 6.45) is 0. The smallest absolute Gasteiger partial charge is 0.120 e. The molecule has 20 heavy (non-hydrogen) atoms. The molecule has 0 bridgehead atoms. The van der Waals surface area contributed by atoms with Gasteiger partial charge in [0.05, 0.1) is 7.11 Å². The summed E-state index contributed by atoms with van der Waals surface area (Å²) < 4.78 is 5.22. The van der Waals surface area contributed by atoms with Crippen LogP contribution < -0.4 is 10.5 Å². The van der Waals surface area contributed by atoms with Crippen LogP contribution in [0.15, 0.2) is 52.3 Å². The third-order valence-electron chi connectivity index (χ3n) is 2.85. The maximum absolute atomic E-state index is 5.97. The van der Waals surface area contributed by atoms with Crippen LogP contribution in [0.4, 0.5) is 5.69 Å². The van der Waals surface area contributed by atoms with Crippen molar-refractivity contribution in [3.63, 3.8) is 0 Å². The predicted octanol–water partition coefficient (Wildman–Crippen LogP) is 4.47. The van der Waals surface area contributed by atoms with Crippen molar-refractivity contribution in [3.8, 4) is 5.75 Å². The van der Waals surface area contributed by atoms with Crippen molar-refractivity contribution in [1.29, 1.82) is 0 Å². The maximum atomic E-state index is 5.97. The highest BCUT2D eigenvalue weighted by atomic mass is 32.2.